The highest BCUT2D eigenvalue weighted by Gasteiger charge is 2.35. The molecule has 1 aliphatic heterocycles. The molecular formula is C24H28N2O. The Morgan fingerprint density at radius 1 is 1.11 bits per heavy atom. The van der Waals surface area contributed by atoms with Crippen LogP contribution in [0.15, 0.2) is 83.4 Å². The Morgan fingerprint density at radius 2 is 1.81 bits per heavy atom. The first-order chi connectivity index (χ1) is 13.2. The van der Waals surface area contributed by atoms with Crippen molar-refractivity contribution < 1.29 is 4.74 Å². The Morgan fingerprint density at radius 3 is 2.41 bits per heavy atom. The van der Waals surface area contributed by atoms with Crippen LogP contribution in [0, 0.1) is 0 Å². The van der Waals surface area contributed by atoms with Crippen LogP contribution in [0.3, 0.4) is 0 Å². The Balaban J connectivity index is 2.04. The largest absolute Gasteiger partial charge is 0.497 e. The maximum Gasteiger partial charge on any atom is 0.148 e. The standard InChI is InChI=1S/C24H28N2O/c1-5-7-11-19(6-2)23-18(3)26(21-14-16-22(27-4)17-15-21)24(25-23)20-12-9-8-10-13-20/h6-18,24H,5H2,1-4H3/b11-7-,19-6+. The Labute approximate surface area is 162 Å². The molecule has 140 valence electrons. The van der Waals surface area contributed by atoms with Gasteiger partial charge in [-0.2, -0.15) is 0 Å². The van der Waals surface area contributed by atoms with E-state index in [9.17, 15) is 0 Å². The van der Waals surface area contributed by atoms with Crippen LogP contribution in [0.25, 0.3) is 0 Å². The number of benzene rings is 2. The SMILES string of the molecule is C/C=C(\C=C/CC)C1=NC(c2ccccc2)N(c2ccc(OC)cc2)C1C. The molecule has 2 aromatic carbocycles. The van der Waals surface area contributed by atoms with E-state index >= 15 is 0 Å². The number of rotatable bonds is 6. The summed E-state index contributed by atoms with van der Waals surface area (Å²) in [6.45, 7) is 6.47. The normalized spacial score (nSPS) is 20.2. The molecule has 1 heterocycles. The molecule has 0 aliphatic carbocycles. The number of hydrogen-bond acceptors (Lipinski definition) is 3. The van der Waals surface area contributed by atoms with Crippen molar-refractivity contribution in [1.29, 1.82) is 0 Å². The van der Waals surface area contributed by atoms with Crippen molar-refractivity contribution in [1.82, 2.24) is 0 Å². The van der Waals surface area contributed by atoms with E-state index in [0.717, 1.165) is 23.6 Å². The summed E-state index contributed by atoms with van der Waals surface area (Å²) in [6, 6.07) is 18.9. The zero-order valence-electron chi connectivity index (χ0n) is 16.6. The van der Waals surface area contributed by atoms with Gasteiger partial charge in [-0.3, -0.25) is 4.99 Å². The van der Waals surface area contributed by atoms with E-state index in [1.165, 1.54) is 11.1 Å². The number of nitrogens with zero attached hydrogens (tertiary/aromatic N) is 2. The van der Waals surface area contributed by atoms with Gasteiger partial charge in [0.25, 0.3) is 0 Å². The van der Waals surface area contributed by atoms with Crippen LogP contribution >= 0.6 is 0 Å². The number of allylic oxidation sites excluding steroid dienone is 3. The van der Waals surface area contributed by atoms with Crippen molar-refractivity contribution in [2.24, 2.45) is 4.99 Å². The van der Waals surface area contributed by atoms with E-state index in [1.54, 1.807) is 7.11 Å². The zero-order chi connectivity index (χ0) is 19.2. The van der Waals surface area contributed by atoms with Gasteiger partial charge >= 0.3 is 0 Å². The monoisotopic (exact) mass is 360 g/mol. The summed E-state index contributed by atoms with van der Waals surface area (Å²) in [5.41, 5.74) is 4.67. The molecule has 3 heteroatoms. The number of aliphatic imine (C=N–C) groups is 1. The molecule has 0 amide bonds. The fourth-order valence-electron chi connectivity index (χ4n) is 3.51. The van der Waals surface area contributed by atoms with Crippen LogP contribution in [0.2, 0.25) is 0 Å². The molecule has 0 saturated heterocycles. The van der Waals surface area contributed by atoms with Gasteiger partial charge in [0.2, 0.25) is 0 Å². The van der Waals surface area contributed by atoms with Gasteiger partial charge in [0.05, 0.1) is 18.9 Å². The molecule has 0 radical (unpaired) electrons. The second kappa shape index (κ2) is 8.72. The van der Waals surface area contributed by atoms with Gasteiger partial charge in [-0.15, -0.1) is 0 Å². The van der Waals surface area contributed by atoms with Crippen LogP contribution in [0.4, 0.5) is 5.69 Å². The number of hydrogen-bond donors (Lipinski definition) is 0. The molecule has 0 fully saturated rings. The Hall–Kier alpha value is -2.81. The average Bonchev–Trinajstić information content (AvgIpc) is 3.06. The van der Waals surface area contributed by atoms with Gasteiger partial charge in [0, 0.05) is 5.69 Å². The maximum atomic E-state index is 5.33. The summed E-state index contributed by atoms with van der Waals surface area (Å²) in [4.78, 5) is 7.54. The minimum atomic E-state index is -0.0328. The molecule has 2 atom stereocenters. The maximum absolute atomic E-state index is 5.33. The fraction of sp³-hybridized carbons (Fsp3) is 0.292. The van der Waals surface area contributed by atoms with E-state index in [-0.39, 0.29) is 12.2 Å². The van der Waals surface area contributed by atoms with Gasteiger partial charge in [0.1, 0.15) is 11.9 Å². The smallest absolute Gasteiger partial charge is 0.148 e. The van der Waals surface area contributed by atoms with Crippen molar-refractivity contribution in [2.75, 3.05) is 12.0 Å². The van der Waals surface area contributed by atoms with Gasteiger partial charge in [-0.05, 0) is 55.7 Å². The lowest BCUT2D eigenvalue weighted by atomic mass is 10.0. The highest BCUT2D eigenvalue weighted by molar-refractivity contribution is 6.09. The predicted octanol–water partition coefficient (Wildman–Crippen LogP) is 5.96. The van der Waals surface area contributed by atoms with E-state index in [0.29, 0.717) is 0 Å². The van der Waals surface area contributed by atoms with Gasteiger partial charge in [-0.25, -0.2) is 0 Å². The molecule has 27 heavy (non-hydrogen) atoms. The van der Waals surface area contributed by atoms with Crippen LogP contribution in [0.5, 0.6) is 5.75 Å². The third-order valence-corrected chi connectivity index (χ3v) is 4.95. The van der Waals surface area contributed by atoms with Crippen LogP contribution in [-0.2, 0) is 0 Å². The lowest BCUT2D eigenvalue weighted by Gasteiger charge is -2.30. The summed E-state index contributed by atoms with van der Waals surface area (Å²) in [7, 11) is 1.69. The first kappa shape index (κ1) is 19.0. The first-order valence-electron chi connectivity index (χ1n) is 9.57. The third kappa shape index (κ3) is 3.97. The second-order valence-electron chi connectivity index (χ2n) is 6.63. The summed E-state index contributed by atoms with van der Waals surface area (Å²) >= 11 is 0. The minimum absolute atomic E-state index is 0.0328. The summed E-state index contributed by atoms with van der Waals surface area (Å²) in [5.74, 6) is 0.864. The highest BCUT2D eigenvalue weighted by atomic mass is 16.5. The van der Waals surface area contributed by atoms with E-state index in [1.807, 2.05) is 18.2 Å². The molecule has 0 spiro atoms. The van der Waals surface area contributed by atoms with Crippen molar-refractivity contribution in [2.45, 2.75) is 39.4 Å². The lowest BCUT2D eigenvalue weighted by molar-refractivity contribution is 0.414. The predicted molar refractivity (Wildman–Crippen MR) is 115 cm³/mol. The molecule has 0 saturated carbocycles. The summed E-state index contributed by atoms with van der Waals surface area (Å²) in [6.07, 6.45) is 7.52. The van der Waals surface area contributed by atoms with Crippen molar-refractivity contribution >= 4 is 11.4 Å². The van der Waals surface area contributed by atoms with Crippen molar-refractivity contribution in [3.8, 4) is 5.75 Å². The Bertz CT molecular complexity index is 834. The fourth-order valence-corrected chi connectivity index (χ4v) is 3.51. The second-order valence-corrected chi connectivity index (χ2v) is 6.63. The van der Waals surface area contributed by atoms with Crippen LogP contribution < -0.4 is 9.64 Å². The molecule has 0 N–H and O–H groups in total. The van der Waals surface area contributed by atoms with E-state index < -0.39 is 0 Å². The van der Waals surface area contributed by atoms with Crippen molar-refractivity contribution in [3.63, 3.8) is 0 Å². The third-order valence-electron chi connectivity index (χ3n) is 4.95. The molecule has 3 rings (SSSR count). The zero-order valence-corrected chi connectivity index (χ0v) is 16.6. The molecule has 0 bridgehead atoms. The molecule has 2 aromatic rings. The average molecular weight is 361 g/mol. The molecule has 1 aliphatic rings. The van der Waals surface area contributed by atoms with Gasteiger partial charge < -0.3 is 9.64 Å². The highest BCUT2D eigenvalue weighted by Crippen LogP contribution is 2.38. The number of ether oxygens (including phenoxy) is 1. The lowest BCUT2D eigenvalue weighted by Crippen LogP contribution is -2.35. The summed E-state index contributed by atoms with van der Waals surface area (Å²) in [5, 5.41) is 0. The Kier molecular flexibility index (Phi) is 6.12. The molecular weight excluding hydrogens is 332 g/mol. The first-order valence-corrected chi connectivity index (χ1v) is 9.57. The molecule has 0 aromatic heterocycles. The topological polar surface area (TPSA) is 24.8 Å². The van der Waals surface area contributed by atoms with Crippen LogP contribution in [0.1, 0.15) is 38.9 Å². The summed E-state index contributed by atoms with van der Waals surface area (Å²) < 4.78 is 5.33. The van der Waals surface area contributed by atoms with Crippen molar-refractivity contribution in [3.05, 3.63) is 84.0 Å². The van der Waals surface area contributed by atoms with E-state index in [4.69, 9.17) is 9.73 Å². The van der Waals surface area contributed by atoms with Gasteiger partial charge in [0.15, 0.2) is 0 Å². The molecule has 3 nitrogen and oxygen atoms in total. The number of methoxy groups -OCH3 is 1. The van der Waals surface area contributed by atoms with Crippen LogP contribution in [-0.4, -0.2) is 18.9 Å². The number of anilines is 1. The van der Waals surface area contributed by atoms with E-state index in [2.05, 4.69) is 80.3 Å². The molecule has 2 unspecified atom stereocenters. The quantitative estimate of drug-likeness (QED) is 0.594. The minimum Gasteiger partial charge on any atom is -0.497 e. The van der Waals surface area contributed by atoms with Gasteiger partial charge in [-0.1, -0.05) is 55.5 Å².